The van der Waals surface area contributed by atoms with E-state index in [-0.39, 0.29) is 18.0 Å². The topological polar surface area (TPSA) is 84.9 Å². The van der Waals surface area contributed by atoms with E-state index in [1.165, 1.54) is 19.2 Å². The molecular formula is C25H27ClN2O5S. The summed E-state index contributed by atoms with van der Waals surface area (Å²) in [5.74, 6) is 0.814. The van der Waals surface area contributed by atoms with Crippen molar-refractivity contribution in [1.29, 1.82) is 0 Å². The van der Waals surface area contributed by atoms with E-state index >= 15 is 0 Å². The van der Waals surface area contributed by atoms with Crippen LogP contribution in [0.1, 0.15) is 11.1 Å². The van der Waals surface area contributed by atoms with Crippen LogP contribution in [0.5, 0.6) is 11.5 Å². The van der Waals surface area contributed by atoms with Crippen LogP contribution in [-0.2, 0) is 14.8 Å². The standard InChI is InChI=1S/C25H27ClN2O5S/c1-18-4-5-19(2)24(16-18)33-15-14-27-25(29)17-28(21-8-6-20(26)7-9-21)34(30,31)23-12-10-22(32-3)11-13-23/h4-13,16H,14-15,17H2,1-3H3,(H,27,29). The quantitative estimate of drug-likeness (QED) is 0.416. The summed E-state index contributed by atoms with van der Waals surface area (Å²) < 4.78 is 38.7. The molecule has 34 heavy (non-hydrogen) atoms. The summed E-state index contributed by atoms with van der Waals surface area (Å²) in [6.07, 6.45) is 0. The minimum Gasteiger partial charge on any atom is -0.497 e. The largest absolute Gasteiger partial charge is 0.497 e. The number of anilines is 1. The van der Waals surface area contributed by atoms with Gasteiger partial charge < -0.3 is 14.8 Å². The summed E-state index contributed by atoms with van der Waals surface area (Å²) in [5, 5.41) is 3.18. The highest BCUT2D eigenvalue weighted by Gasteiger charge is 2.27. The maximum Gasteiger partial charge on any atom is 0.264 e. The highest BCUT2D eigenvalue weighted by Crippen LogP contribution is 2.26. The van der Waals surface area contributed by atoms with Crippen molar-refractivity contribution < 1.29 is 22.7 Å². The van der Waals surface area contributed by atoms with Crippen LogP contribution in [0.15, 0.2) is 71.6 Å². The van der Waals surface area contributed by atoms with Gasteiger partial charge in [-0.2, -0.15) is 0 Å². The van der Waals surface area contributed by atoms with Crippen LogP contribution in [0, 0.1) is 13.8 Å². The fourth-order valence-corrected chi connectivity index (χ4v) is 4.74. The number of rotatable bonds is 10. The van der Waals surface area contributed by atoms with Crippen LogP contribution in [0.25, 0.3) is 0 Å². The maximum atomic E-state index is 13.4. The number of methoxy groups -OCH3 is 1. The predicted octanol–water partition coefficient (Wildman–Crippen LogP) is 4.36. The third-order valence-electron chi connectivity index (χ3n) is 5.07. The molecule has 7 nitrogen and oxygen atoms in total. The second kappa shape index (κ2) is 11.3. The summed E-state index contributed by atoms with van der Waals surface area (Å²) in [6, 6.07) is 18.1. The van der Waals surface area contributed by atoms with E-state index in [0.29, 0.717) is 16.5 Å². The number of carbonyl (C=O) groups is 1. The van der Waals surface area contributed by atoms with Crippen molar-refractivity contribution in [3.8, 4) is 11.5 Å². The van der Waals surface area contributed by atoms with Gasteiger partial charge in [-0.25, -0.2) is 8.42 Å². The molecule has 0 heterocycles. The fourth-order valence-electron chi connectivity index (χ4n) is 3.20. The summed E-state index contributed by atoms with van der Waals surface area (Å²) in [7, 11) is -2.53. The lowest BCUT2D eigenvalue weighted by Gasteiger charge is -2.24. The second-order valence-electron chi connectivity index (χ2n) is 7.63. The first-order valence-electron chi connectivity index (χ1n) is 10.6. The van der Waals surface area contributed by atoms with Crippen molar-refractivity contribution >= 4 is 33.2 Å². The van der Waals surface area contributed by atoms with Crippen molar-refractivity contribution in [3.05, 3.63) is 82.9 Å². The van der Waals surface area contributed by atoms with Crippen molar-refractivity contribution in [3.63, 3.8) is 0 Å². The molecule has 0 spiro atoms. The molecule has 0 bridgehead atoms. The minimum atomic E-state index is -4.03. The maximum absolute atomic E-state index is 13.4. The van der Waals surface area contributed by atoms with Crippen LogP contribution in [0.4, 0.5) is 5.69 Å². The zero-order valence-corrected chi connectivity index (χ0v) is 20.8. The first-order valence-corrected chi connectivity index (χ1v) is 12.4. The number of amides is 1. The average Bonchev–Trinajstić information content (AvgIpc) is 2.83. The molecule has 3 aromatic carbocycles. The van der Waals surface area contributed by atoms with E-state index in [2.05, 4.69) is 5.32 Å². The lowest BCUT2D eigenvalue weighted by Crippen LogP contribution is -2.41. The summed E-state index contributed by atoms with van der Waals surface area (Å²) in [5.41, 5.74) is 2.39. The Morgan fingerprint density at radius 1 is 1.00 bits per heavy atom. The molecule has 1 N–H and O–H groups in total. The Hall–Kier alpha value is -3.23. The van der Waals surface area contributed by atoms with Gasteiger partial charge in [-0.3, -0.25) is 9.10 Å². The van der Waals surface area contributed by atoms with E-state index in [9.17, 15) is 13.2 Å². The number of ether oxygens (including phenoxy) is 2. The van der Waals surface area contributed by atoms with Crippen LogP contribution in [-0.4, -0.2) is 41.1 Å². The van der Waals surface area contributed by atoms with Gasteiger partial charge in [0.1, 0.15) is 24.7 Å². The minimum absolute atomic E-state index is 0.0364. The molecule has 0 saturated carbocycles. The normalized spacial score (nSPS) is 11.1. The number of hydrogen-bond acceptors (Lipinski definition) is 5. The number of benzene rings is 3. The average molecular weight is 503 g/mol. The van der Waals surface area contributed by atoms with E-state index in [1.807, 2.05) is 32.0 Å². The third kappa shape index (κ3) is 6.42. The van der Waals surface area contributed by atoms with Gasteiger partial charge in [0, 0.05) is 5.02 Å². The number of nitrogens with one attached hydrogen (secondary N) is 1. The molecular weight excluding hydrogens is 476 g/mol. The van der Waals surface area contributed by atoms with Gasteiger partial charge in [0.05, 0.1) is 24.2 Å². The molecule has 0 aliphatic carbocycles. The number of aryl methyl sites for hydroxylation is 2. The lowest BCUT2D eigenvalue weighted by molar-refractivity contribution is -0.119. The molecule has 0 unspecified atom stereocenters. The van der Waals surface area contributed by atoms with E-state index < -0.39 is 22.5 Å². The van der Waals surface area contributed by atoms with Crippen molar-refractivity contribution in [2.75, 3.05) is 31.1 Å². The third-order valence-corrected chi connectivity index (χ3v) is 7.11. The van der Waals surface area contributed by atoms with E-state index in [0.717, 1.165) is 21.2 Å². The predicted molar refractivity (Wildman–Crippen MR) is 133 cm³/mol. The number of hydrogen-bond donors (Lipinski definition) is 1. The summed E-state index contributed by atoms with van der Waals surface area (Å²) in [4.78, 5) is 12.7. The lowest BCUT2D eigenvalue weighted by atomic mass is 10.1. The Morgan fingerprint density at radius 3 is 2.32 bits per heavy atom. The zero-order valence-electron chi connectivity index (χ0n) is 19.2. The Balaban J connectivity index is 1.71. The molecule has 0 atom stereocenters. The van der Waals surface area contributed by atoms with Gasteiger partial charge in [0.15, 0.2) is 0 Å². The van der Waals surface area contributed by atoms with Crippen LogP contribution >= 0.6 is 11.6 Å². The van der Waals surface area contributed by atoms with Crippen LogP contribution < -0.4 is 19.1 Å². The molecule has 3 rings (SSSR count). The van der Waals surface area contributed by atoms with Gasteiger partial charge in [-0.15, -0.1) is 0 Å². The molecule has 180 valence electrons. The van der Waals surface area contributed by atoms with Crippen molar-refractivity contribution in [1.82, 2.24) is 5.32 Å². The van der Waals surface area contributed by atoms with Gasteiger partial charge in [0.2, 0.25) is 5.91 Å². The van der Waals surface area contributed by atoms with Crippen LogP contribution in [0.3, 0.4) is 0 Å². The van der Waals surface area contributed by atoms with Gasteiger partial charge in [-0.1, -0.05) is 23.7 Å². The van der Waals surface area contributed by atoms with E-state index in [4.69, 9.17) is 21.1 Å². The molecule has 0 aliphatic heterocycles. The zero-order chi connectivity index (χ0) is 24.7. The van der Waals surface area contributed by atoms with Gasteiger partial charge in [0.25, 0.3) is 10.0 Å². The summed E-state index contributed by atoms with van der Waals surface area (Å²) in [6.45, 7) is 4.00. The molecule has 9 heteroatoms. The van der Waals surface area contributed by atoms with Crippen molar-refractivity contribution in [2.24, 2.45) is 0 Å². The van der Waals surface area contributed by atoms with Gasteiger partial charge >= 0.3 is 0 Å². The Morgan fingerprint density at radius 2 is 1.68 bits per heavy atom. The molecule has 3 aromatic rings. The highest BCUT2D eigenvalue weighted by atomic mass is 35.5. The van der Waals surface area contributed by atoms with E-state index in [1.54, 1.807) is 36.4 Å². The van der Waals surface area contributed by atoms with Crippen LogP contribution in [0.2, 0.25) is 5.02 Å². The Kier molecular flexibility index (Phi) is 8.41. The SMILES string of the molecule is COc1ccc(S(=O)(=O)N(CC(=O)NCCOc2cc(C)ccc2C)c2ccc(Cl)cc2)cc1. The number of halogens is 1. The van der Waals surface area contributed by atoms with Crippen molar-refractivity contribution in [2.45, 2.75) is 18.7 Å². The molecule has 0 aromatic heterocycles. The second-order valence-corrected chi connectivity index (χ2v) is 9.93. The first kappa shape index (κ1) is 25.4. The molecule has 1 amide bonds. The fraction of sp³-hybridized carbons (Fsp3) is 0.240. The number of carbonyl (C=O) groups excluding carboxylic acids is 1. The molecule has 0 radical (unpaired) electrons. The first-order chi connectivity index (χ1) is 16.2. The Labute approximate surface area is 205 Å². The highest BCUT2D eigenvalue weighted by molar-refractivity contribution is 7.92. The molecule has 0 saturated heterocycles. The van der Waals surface area contributed by atoms with Gasteiger partial charge in [-0.05, 0) is 79.6 Å². The number of nitrogens with zero attached hydrogens (tertiary/aromatic N) is 1. The molecule has 0 fully saturated rings. The Bertz CT molecular complexity index is 1230. The summed E-state index contributed by atoms with van der Waals surface area (Å²) >= 11 is 5.97. The number of sulfonamides is 1. The molecule has 0 aliphatic rings. The smallest absolute Gasteiger partial charge is 0.264 e. The monoisotopic (exact) mass is 502 g/mol.